The van der Waals surface area contributed by atoms with E-state index in [1.165, 1.54) is 18.1 Å². The first-order valence-corrected chi connectivity index (χ1v) is 11.0. The highest BCUT2D eigenvalue weighted by atomic mass is 16.5. The average molecular weight is 397 g/mol. The fourth-order valence-corrected chi connectivity index (χ4v) is 6.38. The van der Waals surface area contributed by atoms with Crippen molar-refractivity contribution < 1.29 is 19.7 Å². The number of aliphatic hydroxyl groups is 1. The van der Waals surface area contributed by atoms with Crippen LogP contribution in [0.15, 0.2) is 18.2 Å². The lowest BCUT2D eigenvalue weighted by molar-refractivity contribution is -0.141. The quantitative estimate of drug-likeness (QED) is 0.453. The van der Waals surface area contributed by atoms with Crippen LogP contribution in [0.2, 0.25) is 0 Å². The third-order valence-electron chi connectivity index (χ3n) is 7.91. The van der Waals surface area contributed by atoms with Crippen molar-refractivity contribution in [3.8, 4) is 17.6 Å². The Morgan fingerprint density at radius 3 is 2.90 bits per heavy atom. The molecular weight excluding hydrogens is 364 g/mol. The van der Waals surface area contributed by atoms with E-state index in [0.717, 1.165) is 38.5 Å². The number of hydrogen-bond donors (Lipinski definition) is 2. The zero-order valence-electron chi connectivity index (χ0n) is 17.5. The van der Waals surface area contributed by atoms with Gasteiger partial charge in [0.2, 0.25) is 0 Å². The highest BCUT2D eigenvalue weighted by Crippen LogP contribution is 2.64. The summed E-state index contributed by atoms with van der Waals surface area (Å²) in [5, 5.41) is 21.4. The van der Waals surface area contributed by atoms with Gasteiger partial charge in [-0.1, -0.05) is 18.9 Å². The summed E-state index contributed by atoms with van der Waals surface area (Å²) >= 11 is 0. The molecule has 1 aromatic rings. The summed E-state index contributed by atoms with van der Waals surface area (Å²) in [6.45, 7) is 4.05. The van der Waals surface area contributed by atoms with Gasteiger partial charge in [-0.25, -0.2) is 0 Å². The van der Waals surface area contributed by atoms with Crippen LogP contribution >= 0.6 is 0 Å². The molecule has 0 heterocycles. The molecule has 0 unspecified atom stereocenters. The molecule has 2 fully saturated rings. The number of fused-ring (bicyclic) bond motifs is 5. The average Bonchev–Trinajstić information content (AvgIpc) is 2.95. The van der Waals surface area contributed by atoms with Gasteiger partial charge in [0.1, 0.15) is 11.4 Å². The summed E-state index contributed by atoms with van der Waals surface area (Å²) < 4.78 is 4.96. The summed E-state index contributed by atoms with van der Waals surface area (Å²) in [5.74, 6) is 8.13. The number of carbonyl (C=O) groups excluding carboxylic acids is 1. The molecule has 3 aliphatic rings. The fourth-order valence-electron chi connectivity index (χ4n) is 6.38. The van der Waals surface area contributed by atoms with Crippen molar-refractivity contribution in [3.05, 3.63) is 29.3 Å². The van der Waals surface area contributed by atoms with E-state index in [1.807, 2.05) is 12.1 Å². The Balaban J connectivity index is 1.48. The van der Waals surface area contributed by atoms with E-state index in [0.29, 0.717) is 43.0 Å². The van der Waals surface area contributed by atoms with Gasteiger partial charge in [-0.3, -0.25) is 4.79 Å². The van der Waals surface area contributed by atoms with Crippen LogP contribution in [-0.4, -0.2) is 28.4 Å². The van der Waals surface area contributed by atoms with Crippen LogP contribution in [0.4, 0.5) is 0 Å². The monoisotopic (exact) mass is 396 g/mol. The second kappa shape index (κ2) is 7.69. The van der Waals surface area contributed by atoms with Gasteiger partial charge in [-0.05, 0) is 86.0 Å². The third-order valence-corrected chi connectivity index (χ3v) is 7.91. The molecule has 2 saturated carbocycles. The molecule has 0 aromatic heterocycles. The van der Waals surface area contributed by atoms with E-state index in [2.05, 4.69) is 24.8 Å². The van der Waals surface area contributed by atoms with Gasteiger partial charge in [-0.2, -0.15) is 0 Å². The Hall–Kier alpha value is -1.99. The van der Waals surface area contributed by atoms with Crippen LogP contribution in [-0.2, 0) is 16.0 Å². The highest BCUT2D eigenvalue weighted by Gasteiger charge is 2.61. The van der Waals surface area contributed by atoms with E-state index in [-0.39, 0.29) is 11.4 Å². The number of benzene rings is 1. The lowest BCUT2D eigenvalue weighted by atomic mass is 9.53. The van der Waals surface area contributed by atoms with Gasteiger partial charge in [-0.15, -0.1) is 5.92 Å². The number of unbranched alkanes of at least 4 members (excludes halogenated alkanes) is 1. The maximum absolute atomic E-state index is 11.5. The molecule has 3 aliphatic carbocycles. The van der Waals surface area contributed by atoms with Crippen molar-refractivity contribution in [2.75, 3.05) is 6.61 Å². The molecule has 29 heavy (non-hydrogen) atoms. The van der Waals surface area contributed by atoms with Gasteiger partial charge in [0.15, 0.2) is 0 Å². The highest BCUT2D eigenvalue weighted by molar-refractivity contribution is 5.65. The lowest BCUT2D eigenvalue weighted by Crippen LogP contribution is -2.50. The van der Waals surface area contributed by atoms with E-state index in [4.69, 9.17) is 4.74 Å². The lowest BCUT2D eigenvalue weighted by Gasteiger charge is -2.52. The topological polar surface area (TPSA) is 66.8 Å². The van der Waals surface area contributed by atoms with Crippen molar-refractivity contribution in [1.29, 1.82) is 0 Å². The van der Waals surface area contributed by atoms with Crippen LogP contribution in [0.5, 0.6) is 5.75 Å². The molecule has 0 amide bonds. The summed E-state index contributed by atoms with van der Waals surface area (Å²) in [4.78, 5) is 10.8. The number of aromatic hydroxyl groups is 1. The first-order chi connectivity index (χ1) is 13.8. The second-order valence-electron chi connectivity index (χ2n) is 9.40. The molecule has 0 saturated heterocycles. The van der Waals surface area contributed by atoms with Crippen LogP contribution in [0.3, 0.4) is 0 Å². The summed E-state index contributed by atoms with van der Waals surface area (Å²) in [5.41, 5.74) is 1.63. The molecule has 0 aliphatic heterocycles. The number of aryl methyl sites for hydroxylation is 1. The summed E-state index contributed by atoms with van der Waals surface area (Å²) in [7, 11) is 0. The van der Waals surface area contributed by atoms with Gasteiger partial charge in [0, 0.05) is 18.8 Å². The molecule has 4 heteroatoms. The number of hydrogen-bond acceptors (Lipinski definition) is 4. The summed E-state index contributed by atoms with van der Waals surface area (Å²) in [6.07, 6.45) is 7.32. The van der Waals surface area contributed by atoms with E-state index in [1.54, 1.807) is 0 Å². The molecule has 0 bridgehead atoms. The minimum atomic E-state index is -0.917. The van der Waals surface area contributed by atoms with Crippen molar-refractivity contribution in [3.63, 3.8) is 0 Å². The molecule has 1 aromatic carbocycles. The predicted octanol–water partition coefficient (Wildman–Crippen LogP) is 4.33. The van der Waals surface area contributed by atoms with Crippen molar-refractivity contribution in [2.24, 2.45) is 17.3 Å². The van der Waals surface area contributed by atoms with Crippen molar-refractivity contribution >= 4 is 5.97 Å². The number of esters is 1. The number of ether oxygens (including phenoxy) is 1. The maximum Gasteiger partial charge on any atom is 0.302 e. The number of phenolic OH excluding ortho intramolecular Hbond substituents is 1. The van der Waals surface area contributed by atoms with Gasteiger partial charge < -0.3 is 14.9 Å². The first-order valence-electron chi connectivity index (χ1n) is 11.0. The maximum atomic E-state index is 11.5. The Bertz CT molecular complexity index is 850. The molecule has 156 valence electrons. The third kappa shape index (κ3) is 3.55. The smallest absolute Gasteiger partial charge is 0.302 e. The molecule has 4 nitrogen and oxygen atoms in total. The molecule has 0 radical (unpaired) electrons. The predicted molar refractivity (Wildman–Crippen MR) is 111 cm³/mol. The van der Waals surface area contributed by atoms with Gasteiger partial charge in [0.25, 0.3) is 0 Å². The fraction of sp³-hybridized carbons (Fsp3) is 0.640. The van der Waals surface area contributed by atoms with Gasteiger partial charge >= 0.3 is 5.97 Å². The van der Waals surface area contributed by atoms with E-state index in [9.17, 15) is 15.0 Å². The van der Waals surface area contributed by atoms with Crippen LogP contribution in [0, 0.1) is 29.1 Å². The number of rotatable bonds is 3. The van der Waals surface area contributed by atoms with Crippen LogP contribution < -0.4 is 0 Å². The van der Waals surface area contributed by atoms with Crippen LogP contribution in [0.25, 0.3) is 0 Å². The molecule has 4 rings (SSSR count). The molecular formula is C25H32O4. The standard InChI is InChI=1S/C25H32O4/c1-17(26)29-15-5-3-4-12-25(28)14-11-23-22-8-6-18-16-19(27)7-9-20(18)21(22)10-13-24(23,25)2/h7,9,16,21-23,27-28H,3,5-6,8,10-11,13-15H2,1-2H3/t21-,22-,23+,24+,25+/m1/s1. The van der Waals surface area contributed by atoms with Crippen molar-refractivity contribution in [1.82, 2.24) is 0 Å². The Morgan fingerprint density at radius 1 is 1.28 bits per heavy atom. The number of phenols is 1. The SMILES string of the molecule is CC(=O)OCCCC#C[C@]1(O)CC[C@H]2[C@@H]3CCc4cc(O)ccc4[C@H]3CC[C@@]21C. The molecule has 0 spiro atoms. The van der Waals surface area contributed by atoms with E-state index >= 15 is 0 Å². The summed E-state index contributed by atoms with van der Waals surface area (Å²) in [6, 6.07) is 5.88. The van der Waals surface area contributed by atoms with Crippen molar-refractivity contribution in [2.45, 2.75) is 76.7 Å². The van der Waals surface area contributed by atoms with E-state index < -0.39 is 5.60 Å². The minimum absolute atomic E-state index is 0.161. The zero-order chi connectivity index (χ0) is 20.6. The number of carbonyl (C=O) groups is 1. The van der Waals surface area contributed by atoms with Gasteiger partial charge in [0.05, 0.1) is 6.61 Å². The zero-order valence-corrected chi connectivity index (χ0v) is 17.5. The molecule has 2 N–H and O–H groups in total. The normalized spacial score (nSPS) is 34.9. The first kappa shape index (κ1) is 20.3. The Labute approximate surface area is 173 Å². The Kier molecular flexibility index (Phi) is 5.38. The molecule has 5 atom stereocenters. The minimum Gasteiger partial charge on any atom is -0.508 e. The largest absolute Gasteiger partial charge is 0.508 e. The Morgan fingerprint density at radius 2 is 2.10 bits per heavy atom. The van der Waals surface area contributed by atoms with Crippen LogP contribution in [0.1, 0.15) is 75.8 Å². The second-order valence-corrected chi connectivity index (χ2v) is 9.40.